The number of aliphatic imine (C=N–C) groups is 1. The maximum Gasteiger partial charge on any atom is 0.226 e. The van der Waals surface area contributed by atoms with Crippen LogP contribution in [-0.4, -0.2) is 56.0 Å². The molecule has 0 radical (unpaired) electrons. The molecule has 1 fully saturated rings. The predicted molar refractivity (Wildman–Crippen MR) is 116 cm³/mol. The Bertz CT molecular complexity index is 641. The summed E-state index contributed by atoms with van der Waals surface area (Å²) in [6.45, 7) is 8.22. The molecule has 0 aliphatic carbocycles. The molecular formula is C20H32BrN5O. The molecule has 1 heterocycles. The van der Waals surface area contributed by atoms with E-state index >= 15 is 0 Å². The number of hydrogen-bond donors (Lipinski definition) is 3. The number of amides is 1. The number of guanidine groups is 1. The van der Waals surface area contributed by atoms with Crippen molar-refractivity contribution in [3.8, 4) is 0 Å². The van der Waals surface area contributed by atoms with Gasteiger partial charge in [0.1, 0.15) is 0 Å². The Balaban J connectivity index is 1.70. The number of aryl methyl sites for hydroxylation is 1. The smallest absolute Gasteiger partial charge is 0.226 e. The van der Waals surface area contributed by atoms with E-state index in [4.69, 9.17) is 0 Å². The number of benzene rings is 1. The van der Waals surface area contributed by atoms with Gasteiger partial charge in [-0.05, 0) is 50.4 Å². The quantitative estimate of drug-likeness (QED) is 0.452. The lowest BCUT2D eigenvalue weighted by atomic mass is 10.1. The van der Waals surface area contributed by atoms with E-state index in [1.165, 1.54) is 13.0 Å². The summed E-state index contributed by atoms with van der Waals surface area (Å²) in [6, 6.07) is 6.32. The Labute approximate surface area is 171 Å². The first kappa shape index (κ1) is 21.7. The van der Waals surface area contributed by atoms with Crippen molar-refractivity contribution in [2.75, 3.05) is 38.5 Å². The molecule has 6 nitrogen and oxygen atoms in total. The summed E-state index contributed by atoms with van der Waals surface area (Å²) < 4.78 is 0.955. The van der Waals surface area contributed by atoms with Crippen molar-refractivity contribution < 1.29 is 4.79 Å². The highest BCUT2D eigenvalue weighted by Crippen LogP contribution is 2.20. The number of anilines is 1. The Morgan fingerprint density at radius 2 is 2.07 bits per heavy atom. The van der Waals surface area contributed by atoms with E-state index in [0.29, 0.717) is 19.0 Å². The Morgan fingerprint density at radius 3 is 2.74 bits per heavy atom. The van der Waals surface area contributed by atoms with Gasteiger partial charge in [-0.1, -0.05) is 28.9 Å². The fourth-order valence-corrected chi connectivity index (χ4v) is 3.60. The summed E-state index contributed by atoms with van der Waals surface area (Å²) in [6.07, 6.45) is 3.86. The highest BCUT2D eigenvalue weighted by molar-refractivity contribution is 9.10. The van der Waals surface area contributed by atoms with Gasteiger partial charge in [0.2, 0.25) is 5.91 Å². The molecule has 1 amide bonds. The van der Waals surface area contributed by atoms with Gasteiger partial charge in [0.05, 0.1) is 0 Å². The zero-order valence-electron chi connectivity index (χ0n) is 16.6. The third-order valence-corrected chi connectivity index (χ3v) is 5.30. The van der Waals surface area contributed by atoms with Gasteiger partial charge in [-0.25, -0.2) is 0 Å². The first-order valence-electron chi connectivity index (χ1n) is 9.77. The molecule has 1 aromatic carbocycles. The maximum absolute atomic E-state index is 12.2. The van der Waals surface area contributed by atoms with Crippen LogP contribution in [0.25, 0.3) is 0 Å². The summed E-state index contributed by atoms with van der Waals surface area (Å²) >= 11 is 3.44. The SMILES string of the molecule is CCCN1CCC(NC(=NC)NCCC(=O)Nc2cc(Br)ccc2C)CC1. The van der Waals surface area contributed by atoms with Crippen molar-refractivity contribution in [2.24, 2.45) is 4.99 Å². The summed E-state index contributed by atoms with van der Waals surface area (Å²) in [5.41, 5.74) is 1.89. The fraction of sp³-hybridized carbons (Fsp3) is 0.600. The average molecular weight is 438 g/mol. The molecule has 1 saturated heterocycles. The molecule has 7 heteroatoms. The molecule has 150 valence electrons. The summed E-state index contributed by atoms with van der Waals surface area (Å²) in [7, 11) is 1.77. The van der Waals surface area contributed by atoms with Gasteiger partial charge in [-0.2, -0.15) is 0 Å². The van der Waals surface area contributed by atoms with Gasteiger partial charge in [-0.3, -0.25) is 9.79 Å². The van der Waals surface area contributed by atoms with E-state index in [0.717, 1.165) is 47.6 Å². The van der Waals surface area contributed by atoms with Gasteiger partial charge in [0.25, 0.3) is 0 Å². The van der Waals surface area contributed by atoms with E-state index in [1.54, 1.807) is 7.05 Å². The number of piperidine rings is 1. The molecule has 3 N–H and O–H groups in total. The molecule has 1 aliphatic heterocycles. The van der Waals surface area contributed by atoms with Gasteiger partial charge >= 0.3 is 0 Å². The molecule has 0 bridgehead atoms. The average Bonchev–Trinajstić information content (AvgIpc) is 2.65. The second kappa shape index (κ2) is 11.3. The monoisotopic (exact) mass is 437 g/mol. The zero-order chi connectivity index (χ0) is 19.6. The Kier molecular flexibility index (Phi) is 9.07. The number of nitrogens with zero attached hydrogens (tertiary/aromatic N) is 2. The largest absolute Gasteiger partial charge is 0.356 e. The third-order valence-electron chi connectivity index (χ3n) is 4.81. The number of hydrogen-bond acceptors (Lipinski definition) is 3. The first-order valence-corrected chi connectivity index (χ1v) is 10.6. The normalized spacial score (nSPS) is 16.2. The fourth-order valence-electron chi connectivity index (χ4n) is 3.24. The van der Waals surface area contributed by atoms with E-state index in [1.807, 2.05) is 25.1 Å². The zero-order valence-corrected chi connectivity index (χ0v) is 18.2. The van der Waals surface area contributed by atoms with Crippen molar-refractivity contribution in [1.82, 2.24) is 15.5 Å². The molecule has 1 aliphatic rings. The van der Waals surface area contributed by atoms with Crippen LogP contribution < -0.4 is 16.0 Å². The van der Waals surface area contributed by atoms with E-state index in [9.17, 15) is 4.79 Å². The molecule has 0 atom stereocenters. The minimum atomic E-state index is -0.00738. The van der Waals surface area contributed by atoms with Crippen LogP contribution in [0.4, 0.5) is 5.69 Å². The van der Waals surface area contributed by atoms with Crippen LogP contribution in [0.2, 0.25) is 0 Å². The number of likely N-dealkylation sites (tertiary alicyclic amines) is 1. The van der Waals surface area contributed by atoms with Crippen LogP contribution in [0.3, 0.4) is 0 Å². The standard InChI is InChI=1S/C20H32BrN5O/c1-4-11-26-12-8-17(9-13-26)24-20(22-3)23-10-7-19(27)25-18-14-16(21)6-5-15(18)2/h5-6,14,17H,4,7-13H2,1-3H3,(H,25,27)(H2,22,23,24). The minimum absolute atomic E-state index is 0.00738. The van der Waals surface area contributed by atoms with E-state index < -0.39 is 0 Å². The molecule has 2 rings (SSSR count). The summed E-state index contributed by atoms with van der Waals surface area (Å²) in [5, 5.41) is 9.70. The highest BCUT2D eigenvalue weighted by Gasteiger charge is 2.19. The van der Waals surface area contributed by atoms with Crippen LogP contribution >= 0.6 is 15.9 Å². The lowest BCUT2D eigenvalue weighted by molar-refractivity contribution is -0.116. The molecular weight excluding hydrogens is 406 g/mol. The molecule has 1 aromatic rings. The predicted octanol–water partition coefficient (Wildman–Crippen LogP) is 3.13. The van der Waals surface area contributed by atoms with Crippen LogP contribution in [0.15, 0.2) is 27.7 Å². The lowest BCUT2D eigenvalue weighted by Gasteiger charge is -2.32. The molecule has 27 heavy (non-hydrogen) atoms. The van der Waals surface area contributed by atoms with Gasteiger partial charge in [0, 0.05) is 49.3 Å². The lowest BCUT2D eigenvalue weighted by Crippen LogP contribution is -2.49. The third kappa shape index (κ3) is 7.50. The van der Waals surface area contributed by atoms with Crippen LogP contribution in [-0.2, 0) is 4.79 Å². The number of rotatable bonds is 7. The molecule has 0 spiro atoms. The summed E-state index contributed by atoms with van der Waals surface area (Å²) in [4.78, 5) is 19.0. The Morgan fingerprint density at radius 1 is 1.33 bits per heavy atom. The number of nitrogens with one attached hydrogen (secondary N) is 3. The maximum atomic E-state index is 12.2. The number of carbonyl (C=O) groups is 1. The first-order chi connectivity index (χ1) is 13.0. The van der Waals surface area contributed by atoms with E-state index in [2.05, 4.69) is 48.7 Å². The summed E-state index contributed by atoms with van der Waals surface area (Å²) in [5.74, 6) is 0.766. The second-order valence-corrected chi connectivity index (χ2v) is 7.93. The molecule has 0 unspecified atom stereocenters. The number of carbonyl (C=O) groups excluding carboxylic acids is 1. The van der Waals surface area contributed by atoms with Crippen LogP contribution in [0, 0.1) is 6.92 Å². The molecule has 0 saturated carbocycles. The van der Waals surface area contributed by atoms with Gasteiger partial charge in [-0.15, -0.1) is 0 Å². The van der Waals surface area contributed by atoms with Gasteiger partial charge in [0.15, 0.2) is 5.96 Å². The van der Waals surface area contributed by atoms with Crippen molar-refractivity contribution in [3.63, 3.8) is 0 Å². The van der Waals surface area contributed by atoms with Gasteiger partial charge < -0.3 is 20.9 Å². The highest BCUT2D eigenvalue weighted by atomic mass is 79.9. The topological polar surface area (TPSA) is 68.8 Å². The minimum Gasteiger partial charge on any atom is -0.356 e. The van der Waals surface area contributed by atoms with Crippen molar-refractivity contribution in [3.05, 3.63) is 28.2 Å². The van der Waals surface area contributed by atoms with Crippen molar-refractivity contribution in [1.29, 1.82) is 0 Å². The van der Waals surface area contributed by atoms with Crippen molar-refractivity contribution in [2.45, 2.75) is 45.6 Å². The van der Waals surface area contributed by atoms with Crippen LogP contribution in [0.1, 0.15) is 38.2 Å². The van der Waals surface area contributed by atoms with Crippen LogP contribution in [0.5, 0.6) is 0 Å². The number of halogens is 1. The Hall–Kier alpha value is -1.60. The molecule has 0 aromatic heterocycles. The van der Waals surface area contributed by atoms with Crippen molar-refractivity contribution >= 4 is 33.5 Å². The van der Waals surface area contributed by atoms with E-state index in [-0.39, 0.29) is 5.91 Å². The second-order valence-electron chi connectivity index (χ2n) is 7.02.